The topological polar surface area (TPSA) is 85.5 Å². The van der Waals surface area contributed by atoms with E-state index in [1.165, 1.54) is 31.0 Å². The lowest BCUT2D eigenvalue weighted by molar-refractivity contribution is -0.164. The van der Waals surface area contributed by atoms with Gasteiger partial charge in [-0.2, -0.15) is 0 Å². The minimum atomic E-state index is -1.07. The van der Waals surface area contributed by atoms with E-state index in [2.05, 4.69) is 9.89 Å². The van der Waals surface area contributed by atoms with Gasteiger partial charge in [-0.1, -0.05) is 11.8 Å². The van der Waals surface area contributed by atoms with Crippen LogP contribution in [-0.4, -0.2) is 74.9 Å². The highest BCUT2D eigenvalue weighted by molar-refractivity contribution is 8.14. The van der Waals surface area contributed by atoms with Crippen molar-refractivity contribution in [3.8, 4) is 0 Å². The molecule has 3 N–H and O–H groups in total. The first-order valence-corrected chi connectivity index (χ1v) is 7.70. The van der Waals surface area contributed by atoms with Crippen LogP contribution in [0.2, 0.25) is 0 Å². The van der Waals surface area contributed by atoms with Crippen LogP contribution < -0.4 is 0 Å². The molecule has 2 saturated heterocycles. The summed E-state index contributed by atoms with van der Waals surface area (Å²) in [7, 11) is 0. The molecule has 5 atom stereocenters. The van der Waals surface area contributed by atoms with Crippen molar-refractivity contribution in [1.29, 1.82) is 0 Å². The van der Waals surface area contributed by atoms with Gasteiger partial charge in [0.05, 0.1) is 6.61 Å². The largest absolute Gasteiger partial charge is 0.394 e. The summed E-state index contributed by atoms with van der Waals surface area (Å²) < 4.78 is 5.62. The van der Waals surface area contributed by atoms with E-state index in [4.69, 9.17) is 9.84 Å². The lowest BCUT2D eigenvalue weighted by Gasteiger charge is -2.37. The Labute approximate surface area is 116 Å². The van der Waals surface area contributed by atoms with Crippen LogP contribution in [0, 0.1) is 0 Å². The first-order chi connectivity index (χ1) is 9.20. The van der Waals surface area contributed by atoms with Crippen LogP contribution in [-0.2, 0) is 4.74 Å². The van der Waals surface area contributed by atoms with Gasteiger partial charge in [-0.3, -0.25) is 4.99 Å². The first kappa shape index (κ1) is 13.6. The number of ether oxygens (including phenoxy) is 1. The number of thioether (sulfide) groups is 1. The van der Waals surface area contributed by atoms with Crippen LogP contribution in [0.4, 0.5) is 0 Å². The summed E-state index contributed by atoms with van der Waals surface area (Å²) in [4.78, 5) is 6.75. The number of rotatable bonds is 1. The van der Waals surface area contributed by atoms with Gasteiger partial charge in [0, 0.05) is 13.1 Å². The monoisotopic (exact) mass is 288 g/mol. The van der Waals surface area contributed by atoms with E-state index in [1.54, 1.807) is 0 Å². The van der Waals surface area contributed by atoms with Crippen LogP contribution in [0.5, 0.6) is 0 Å². The van der Waals surface area contributed by atoms with Gasteiger partial charge < -0.3 is 25.0 Å². The summed E-state index contributed by atoms with van der Waals surface area (Å²) in [6.45, 7) is 1.70. The number of aliphatic imine (C=N–C) groups is 1. The number of fused-ring (bicyclic) bond motifs is 1. The average Bonchev–Trinajstić information content (AvgIpc) is 2.88. The average molecular weight is 288 g/mol. The molecule has 6 nitrogen and oxygen atoms in total. The van der Waals surface area contributed by atoms with Crippen LogP contribution in [0.1, 0.15) is 19.3 Å². The lowest BCUT2D eigenvalue weighted by Crippen LogP contribution is -2.55. The normalized spacial score (nSPS) is 43.0. The van der Waals surface area contributed by atoms with Crippen LogP contribution in [0.25, 0.3) is 0 Å². The molecule has 0 spiro atoms. The molecule has 19 heavy (non-hydrogen) atoms. The van der Waals surface area contributed by atoms with Crippen LogP contribution in [0.3, 0.4) is 0 Å². The molecular weight excluding hydrogens is 268 g/mol. The quantitative estimate of drug-likeness (QED) is 0.596. The third-order valence-corrected chi connectivity index (χ3v) is 5.15. The highest BCUT2D eigenvalue weighted by Gasteiger charge is 2.48. The summed E-state index contributed by atoms with van der Waals surface area (Å²) in [5.41, 5.74) is -0.299. The second-order valence-corrected chi connectivity index (χ2v) is 6.34. The zero-order valence-corrected chi connectivity index (χ0v) is 11.5. The Kier molecular flexibility index (Phi) is 4.00. The van der Waals surface area contributed by atoms with Crippen molar-refractivity contribution in [2.75, 3.05) is 19.7 Å². The molecule has 0 saturated carbocycles. The minimum absolute atomic E-state index is 0.291. The molecule has 0 aromatic heterocycles. The SMILES string of the molecule is OC[C@H]1O[C@@H]2SC(N3CCCCC3)=N[C@@H]2[C@@H](O)[C@@H]1O. The predicted octanol–water partition coefficient (Wildman–Crippen LogP) is -0.617. The standard InChI is InChI=1S/C12H20N2O4S/c15-6-7-9(16)10(17)8-11(18-7)19-12(13-8)14-4-2-1-3-5-14/h7-11,15-17H,1-6H2/t7-,8-,9-,10-,11-/m1/s1. The number of hydrogen-bond acceptors (Lipinski definition) is 7. The van der Waals surface area contributed by atoms with E-state index >= 15 is 0 Å². The summed E-state index contributed by atoms with van der Waals surface area (Å²) >= 11 is 1.50. The number of amidine groups is 1. The second-order valence-electron chi connectivity index (χ2n) is 5.27. The van der Waals surface area contributed by atoms with Crippen molar-refractivity contribution < 1.29 is 20.1 Å². The summed E-state index contributed by atoms with van der Waals surface area (Å²) in [5, 5.41) is 30.0. The van der Waals surface area contributed by atoms with Gasteiger partial charge in [-0.15, -0.1) is 0 Å². The number of nitrogens with zero attached hydrogens (tertiary/aromatic N) is 2. The van der Waals surface area contributed by atoms with Gasteiger partial charge in [0.25, 0.3) is 0 Å². The fourth-order valence-electron chi connectivity index (χ4n) is 2.81. The molecule has 3 heterocycles. The predicted molar refractivity (Wildman–Crippen MR) is 72.0 cm³/mol. The van der Waals surface area contributed by atoms with E-state index in [9.17, 15) is 10.2 Å². The molecule has 108 valence electrons. The molecule has 0 bridgehead atoms. The maximum absolute atomic E-state index is 10.1. The Morgan fingerprint density at radius 1 is 1.21 bits per heavy atom. The lowest BCUT2D eigenvalue weighted by atomic mass is 9.99. The highest BCUT2D eigenvalue weighted by atomic mass is 32.2. The summed E-state index contributed by atoms with van der Waals surface area (Å²) in [6, 6.07) is -0.431. The van der Waals surface area contributed by atoms with Gasteiger partial charge >= 0.3 is 0 Å². The Hall–Kier alpha value is -0.340. The molecule has 2 fully saturated rings. The molecule has 0 aromatic carbocycles. The van der Waals surface area contributed by atoms with Gasteiger partial charge in [0.2, 0.25) is 0 Å². The Morgan fingerprint density at radius 3 is 2.63 bits per heavy atom. The van der Waals surface area contributed by atoms with Gasteiger partial charge in [0.15, 0.2) is 5.17 Å². The van der Waals surface area contributed by atoms with E-state index < -0.39 is 24.4 Å². The van der Waals surface area contributed by atoms with Gasteiger partial charge in [0.1, 0.15) is 29.8 Å². The Bertz CT molecular complexity index is 362. The van der Waals surface area contributed by atoms with E-state index in [-0.39, 0.29) is 12.0 Å². The fraction of sp³-hybridized carbons (Fsp3) is 0.917. The van der Waals surface area contributed by atoms with Gasteiger partial charge in [-0.25, -0.2) is 0 Å². The number of likely N-dealkylation sites (tertiary alicyclic amines) is 1. The number of piperidine rings is 1. The number of aliphatic hydroxyl groups is 3. The molecule has 0 aliphatic carbocycles. The maximum Gasteiger partial charge on any atom is 0.162 e. The molecule has 0 aromatic rings. The van der Waals surface area contributed by atoms with Crippen molar-refractivity contribution in [2.24, 2.45) is 4.99 Å². The molecule has 0 amide bonds. The maximum atomic E-state index is 10.1. The summed E-state index contributed by atoms with van der Waals surface area (Å²) in [6.07, 6.45) is 0.827. The fourth-order valence-corrected chi connectivity index (χ4v) is 4.09. The van der Waals surface area contributed by atoms with Gasteiger partial charge in [-0.05, 0) is 19.3 Å². The van der Waals surface area contributed by atoms with E-state index in [0.717, 1.165) is 18.3 Å². The molecular formula is C12H20N2O4S. The highest BCUT2D eigenvalue weighted by Crippen LogP contribution is 2.37. The van der Waals surface area contributed by atoms with Crippen molar-refractivity contribution in [2.45, 2.75) is 49.1 Å². The molecule has 3 rings (SSSR count). The van der Waals surface area contributed by atoms with Crippen molar-refractivity contribution >= 4 is 16.9 Å². The van der Waals surface area contributed by atoms with Crippen molar-refractivity contribution in [1.82, 2.24) is 4.90 Å². The minimum Gasteiger partial charge on any atom is -0.394 e. The van der Waals surface area contributed by atoms with Crippen LogP contribution >= 0.6 is 11.8 Å². The zero-order chi connectivity index (χ0) is 13.4. The third kappa shape index (κ3) is 2.50. The molecule has 3 aliphatic heterocycles. The third-order valence-electron chi connectivity index (χ3n) is 3.96. The van der Waals surface area contributed by atoms with Crippen molar-refractivity contribution in [3.63, 3.8) is 0 Å². The molecule has 3 aliphatic rings. The summed E-state index contributed by atoms with van der Waals surface area (Å²) in [5.74, 6) is 0. The zero-order valence-electron chi connectivity index (χ0n) is 10.7. The van der Waals surface area contributed by atoms with Crippen molar-refractivity contribution in [3.05, 3.63) is 0 Å². The second kappa shape index (κ2) is 5.57. The molecule has 0 radical (unpaired) electrons. The number of aliphatic hydroxyl groups excluding tert-OH is 3. The van der Waals surface area contributed by atoms with Crippen LogP contribution in [0.15, 0.2) is 4.99 Å². The molecule has 7 heteroatoms. The van der Waals surface area contributed by atoms with E-state index in [1.807, 2.05) is 0 Å². The Morgan fingerprint density at radius 2 is 1.95 bits per heavy atom. The first-order valence-electron chi connectivity index (χ1n) is 6.82. The smallest absolute Gasteiger partial charge is 0.162 e. The Balaban J connectivity index is 1.72. The number of hydrogen-bond donors (Lipinski definition) is 3. The van der Waals surface area contributed by atoms with E-state index in [0.29, 0.717) is 0 Å². The molecule has 0 unspecified atom stereocenters.